The van der Waals surface area contributed by atoms with E-state index in [1.165, 1.54) is 0 Å². The van der Waals surface area contributed by atoms with E-state index in [9.17, 15) is 4.79 Å². The van der Waals surface area contributed by atoms with Gasteiger partial charge in [-0.1, -0.05) is 54.6 Å². The molecule has 0 radical (unpaired) electrons. The number of nitrogens with zero attached hydrogens (tertiary/aromatic N) is 2. The number of pyridine rings is 1. The van der Waals surface area contributed by atoms with Crippen molar-refractivity contribution in [2.75, 3.05) is 24.3 Å². The van der Waals surface area contributed by atoms with Crippen LogP contribution in [0.1, 0.15) is 41.6 Å². The first-order chi connectivity index (χ1) is 18.1. The van der Waals surface area contributed by atoms with Crippen molar-refractivity contribution in [2.45, 2.75) is 44.4 Å². The van der Waals surface area contributed by atoms with E-state index in [4.69, 9.17) is 9.72 Å². The Morgan fingerprint density at radius 3 is 2.35 bits per heavy atom. The molecule has 1 aromatic heterocycles. The van der Waals surface area contributed by atoms with E-state index < -0.39 is 0 Å². The topological polar surface area (TPSA) is 66.5 Å². The third kappa shape index (κ3) is 6.02. The molecule has 5 rings (SSSR count). The maximum absolute atomic E-state index is 13.1. The number of para-hydroxylation sites is 2. The Hall–Kier alpha value is -4.06. The summed E-state index contributed by atoms with van der Waals surface area (Å²) in [5.41, 5.74) is 3.71. The highest BCUT2D eigenvalue weighted by Gasteiger charge is 2.24. The summed E-state index contributed by atoms with van der Waals surface area (Å²) in [6.45, 7) is 0.359. The molecule has 0 unspecified atom stereocenters. The highest BCUT2D eigenvalue weighted by Crippen LogP contribution is 2.29. The van der Waals surface area contributed by atoms with Gasteiger partial charge in [-0.15, -0.1) is 0 Å². The van der Waals surface area contributed by atoms with Crippen LogP contribution >= 0.6 is 0 Å². The van der Waals surface area contributed by atoms with Crippen LogP contribution in [0.3, 0.4) is 0 Å². The summed E-state index contributed by atoms with van der Waals surface area (Å²) < 4.78 is 5.90. The molecule has 37 heavy (non-hydrogen) atoms. The summed E-state index contributed by atoms with van der Waals surface area (Å²) in [4.78, 5) is 20.1. The molecule has 1 aliphatic rings. The molecule has 0 saturated heterocycles. The lowest BCUT2D eigenvalue weighted by Gasteiger charge is -2.30. The maximum atomic E-state index is 13.1. The minimum atomic E-state index is -0.0320. The van der Waals surface area contributed by atoms with Gasteiger partial charge in [0.2, 0.25) is 0 Å². The van der Waals surface area contributed by atoms with E-state index >= 15 is 0 Å². The molecule has 3 aromatic carbocycles. The van der Waals surface area contributed by atoms with Gasteiger partial charge >= 0.3 is 0 Å². The van der Waals surface area contributed by atoms with Gasteiger partial charge in [0, 0.05) is 54.4 Å². The molecule has 6 heteroatoms. The molecule has 0 spiro atoms. The molecule has 4 aromatic rings. The van der Waals surface area contributed by atoms with Gasteiger partial charge in [0.1, 0.15) is 18.2 Å². The fourth-order valence-corrected chi connectivity index (χ4v) is 5.00. The number of amides is 1. The van der Waals surface area contributed by atoms with Gasteiger partial charge in [-0.3, -0.25) is 4.79 Å². The van der Waals surface area contributed by atoms with E-state index in [0.29, 0.717) is 18.2 Å². The van der Waals surface area contributed by atoms with E-state index in [2.05, 4.69) is 47.8 Å². The lowest BCUT2D eigenvalue weighted by Crippen LogP contribution is -2.40. The minimum absolute atomic E-state index is 0.0320. The number of carbonyl (C=O) groups is 1. The number of carbonyl (C=O) groups excluding carboxylic acids is 1. The van der Waals surface area contributed by atoms with Crippen molar-refractivity contribution < 1.29 is 9.53 Å². The second-order valence-corrected chi connectivity index (χ2v) is 9.86. The second kappa shape index (κ2) is 11.3. The van der Waals surface area contributed by atoms with E-state index in [0.717, 1.165) is 59.4 Å². The van der Waals surface area contributed by atoms with Crippen LogP contribution in [0.4, 0.5) is 11.5 Å². The fraction of sp³-hybridized carbons (Fsp3) is 0.290. The van der Waals surface area contributed by atoms with Gasteiger partial charge in [-0.05, 0) is 49.9 Å². The number of aromatic nitrogens is 1. The van der Waals surface area contributed by atoms with Crippen molar-refractivity contribution in [3.63, 3.8) is 0 Å². The third-order valence-corrected chi connectivity index (χ3v) is 6.99. The molecule has 0 bridgehead atoms. The monoisotopic (exact) mass is 494 g/mol. The highest BCUT2D eigenvalue weighted by atomic mass is 16.5. The Bertz CT molecular complexity index is 1350. The second-order valence-electron chi connectivity index (χ2n) is 9.86. The number of ether oxygens (including phenoxy) is 1. The molecule has 1 amide bonds. The zero-order chi connectivity index (χ0) is 25.6. The van der Waals surface area contributed by atoms with Gasteiger partial charge in [-0.2, -0.15) is 0 Å². The zero-order valence-electron chi connectivity index (χ0n) is 21.5. The molecule has 1 heterocycles. The average molecular weight is 495 g/mol. The van der Waals surface area contributed by atoms with Gasteiger partial charge < -0.3 is 20.3 Å². The Morgan fingerprint density at radius 1 is 0.892 bits per heavy atom. The molecule has 1 fully saturated rings. The van der Waals surface area contributed by atoms with Gasteiger partial charge in [0.05, 0.1) is 5.52 Å². The normalized spacial score (nSPS) is 17.2. The lowest BCUT2D eigenvalue weighted by atomic mass is 9.90. The largest absolute Gasteiger partial charge is 0.489 e. The van der Waals surface area contributed by atoms with Crippen LogP contribution in [-0.4, -0.2) is 37.1 Å². The van der Waals surface area contributed by atoms with Gasteiger partial charge in [-0.25, -0.2) is 4.98 Å². The van der Waals surface area contributed by atoms with Crippen molar-refractivity contribution in [3.8, 4) is 5.75 Å². The lowest BCUT2D eigenvalue weighted by molar-refractivity contribution is 0.0924. The summed E-state index contributed by atoms with van der Waals surface area (Å²) in [5, 5.41) is 8.06. The number of hydrogen-bond acceptors (Lipinski definition) is 5. The molecule has 2 N–H and O–H groups in total. The Morgan fingerprint density at radius 2 is 1.57 bits per heavy atom. The van der Waals surface area contributed by atoms with Crippen LogP contribution in [0.5, 0.6) is 5.75 Å². The molecule has 0 atom stereocenters. The molecule has 190 valence electrons. The number of benzene rings is 3. The van der Waals surface area contributed by atoms with Crippen molar-refractivity contribution in [1.82, 2.24) is 10.3 Å². The molecular weight excluding hydrogens is 460 g/mol. The summed E-state index contributed by atoms with van der Waals surface area (Å²) in [6, 6.07) is 28.2. The molecule has 0 aliphatic heterocycles. The van der Waals surface area contributed by atoms with Crippen molar-refractivity contribution in [1.29, 1.82) is 0 Å². The highest BCUT2D eigenvalue weighted by molar-refractivity contribution is 5.96. The van der Waals surface area contributed by atoms with Gasteiger partial charge in [0.15, 0.2) is 0 Å². The van der Waals surface area contributed by atoms with Crippen molar-refractivity contribution in [3.05, 3.63) is 96.1 Å². The summed E-state index contributed by atoms with van der Waals surface area (Å²) in [5.74, 6) is 1.67. The first-order valence-electron chi connectivity index (χ1n) is 13.0. The standard InChI is InChI=1S/C31H34N4O2/c1-35(2)29-20-30(34-28-15-9-8-14-27(28)29)32-23-16-18-24(19-17-23)33-31(36)26-13-7-6-10-22(26)21-37-25-11-4-3-5-12-25/h3-15,20,23-24H,16-19,21H2,1-2H3,(H,32,34)(H,33,36)/t23-,24+. The summed E-state index contributed by atoms with van der Waals surface area (Å²) >= 11 is 0. The van der Waals surface area contributed by atoms with Crippen LogP contribution in [-0.2, 0) is 6.61 Å². The summed E-state index contributed by atoms with van der Waals surface area (Å²) in [7, 11) is 4.12. The Labute approximate surface area is 218 Å². The quantitative estimate of drug-likeness (QED) is 0.313. The Kier molecular flexibility index (Phi) is 7.54. The fourth-order valence-electron chi connectivity index (χ4n) is 5.00. The average Bonchev–Trinajstić information content (AvgIpc) is 2.93. The van der Waals surface area contributed by atoms with E-state index in [1.807, 2.05) is 66.7 Å². The Balaban J connectivity index is 1.17. The smallest absolute Gasteiger partial charge is 0.251 e. The number of fused-ring (bicyclic) bond motifs is 1. The number of anilines is 2. The predicted octanol–water partition coefficient (Wildman–Crippen LogP) is 6.03. The SMILES string of the molecule is CN(C)c1cc(N[C@H]2CC[C@@H](NC(=O)c3ccccc3COc3ccccc3)CC2)nc2ccccc12. The van der Waals surface area contributed by atoms with Crippen LogP contribution in [0.15, 0.2) is 84.9 Å². The van der Waals surface area contributed by atoms with E-state index in [1.54, 1.807) is 0 Å². The number of rotatable bonds is 8. The molecular formula is C31H34N4O2. The third-order valence-electron chi connectivity index (χ3n) is 6.99. The number of hydrogen-bond donors (Lipinski definition) is 2. The van der Waals surface area contributed by atoms with Crippen LogP contribution in [0.25, 0.3) is 10.9 Å². The maximum Gasteiger partial charge on any atom is 0.251 e. The van der Waals surface area contributed by atoms with Crippen molar-refractivity contribution >= 4 is 28.3 Å². The van der Waals surface area contributed by atoms with Crippen LogP contribution < -0.4 is 20.3 Å². The van der Waals surface area contributed by atoms with Crippen LogP contribution in [0, 0.1) is 0 Å². The van der Waals surface area contributed by atoms with Gasteiger partial charge in [0.25, 0.3) is 5.91 Å². The summed E-state index contributed by atoms with van der Waals surface area (Å²) in [6.07, 6.45) is 3.82. The van der Waals surface area contributed by atoms with Crippen molar-refractivity contribution in [2.24, 2.45) is 0 Å². The molecule has 6 nitrogen and oxygen atoms in total. The minimum Gasteiger partial charge on any atom is -0.489 e. The predicted molar refractivity (Wildman–Crippen MR) is 150 cm³/mol. The molecule has 1 aliphatic carbocycles. The zero-order valence-corrected chi connectivity index (χ0v) is 21.5. The number of nitrogens with one attached hydrogen (secondary N) is 2. The first-order valence-corrected chi connectivity index (χ1v) is 13.0. The molecule has 1 saturated carbocycles. The van der Waals surface area contributed by atoms with E-state index in [-0.39, 0.29) is 11.9 Å². The van der Waals surface area contributed by atoms with Crippen LogP contribution in [0.2, 0.25) is 0 Å². The first kappa shape index (κ1) is 24.6.